The number of hydrogen-bond acceptors (Lipinski definition) is 7. The number of carbonyl (C=O) groups is 2. The lowest BCUT2D eigenvalue weighted by atomic mass is 10.1. The van der Waals surface area contributed by atoms with Crippen LogP contribution in [0.2, 0.25) is 5.02 Å². The molecule has 0 spiro atoms. The molecule has 0 bridgehead atoms. The van der Waals surface area contributed by atoms with Crippen LogP contribution in [0.5, 0.6) is 0 Å². The summed E-state index contributed by atoms with van der Waals surface area (Å²) in [6.07, 6.45) is 0. The van der Waals surface area contributed by atoms with Gasteiger partial charge in [0, 0.05) is 18.3 Å². The Hall–Kier alpha value is -3.02. The molecule has 10 nitrogen and oxygen atoms in total. The lowest BCUT2D eigenvalue weighted by Crippen LogP contribution is -2.24. The van der Waals surface area contributed by atoms with E-state index in [2.05, 4.69) is 10.0 Å². The van der Waals surface area contributed by atoms with Crippen LogP contribution in [-0.2, 0) is 19.6 Å². The SMILES string of the molecule is CCNS(=O)(=O)c1ccc(C)c(C(=O)OCC(=O)Nc2ccc(Cl)c([N+](=O)[O-])c2)c1. The van der Waals surface area contributed by atoms with Gasteiger partial charge in [0.15, 0.2) is 6.61 Å². The summed E-state index contributed by atoms with van der Waals surface area (Å²) < 4.78 is 31.5. The molecule has 0 heterocycles. The third-order valence-electron chi connectivity index (χ3n) is 3.83. The second kappa shape index (κ2) is 9.65. The van der Waals surface area contributed by atoms with Gasteiger partial charge in [-0.1, -0.05) is 24.6 Å². The maximum absolute atomic E-state index is 12.3. The number of nitro groups is 1. The molecular weight excluding hydrogens is 438 g/mol. The highest BCUT2D eigenvalue weighted by atomic mass is 35.5. The Morgan fingerprint density at radius 3 is 2.53 bits per heavy atom. The van der Waals surface area contributed by atoms with Gasteiger partial charge in [0.2, 0.25) is 10.0 Å². The van der Waals surface area contributed by atoms with Gasteiger partial charge in [0.05, 0.1) is 15.4 Å². The topological polar surface area (TPSA) is 145 Å². The molecular formula is C18H18ClN3O7S. The monoisotopic (exact) mass is 455 g/mol. The van der Waals surface area contributed by atoms with Gasteiger partial charge in [0.25, 0.3) is 11.6 Å². The molecule has 160 valence electrons. The molecule has 0 aliphatic carbocycles. The summed E-state index contributed by atoms with van der Waals surface area (Å²) in [5, 5.41) is 13.2. The Kier molecular flexibility index (Phi) is 7.48. The van der Waals surface area contributed by atoms with Crippen LogP contribution in [-0.4, -0.2) is 38.4 Å². The molecule has 30 heavy (non-hydrogen) atoms. The summed E-state index contributed by atoms with van der Waals surface area (Å²) >= 11 is 5.71. The number of anilines is 1. The van der Waals surface area contributed by atoms with E-state index in [1.54, 1.807) is 13.8 Å². The van der Waals surface area contributed by atoms with Gasteiger partial charge in [-0.2, -0.15) is 0 Å². The predicted molar refractivity (Wildman–Crippen MR) is 109 cm³/mol. The predicted octanol–water partition coefficient (Wildman–Crippen LogP) is 2.65. The van der Waals surface area contributed by atoms with Crippen molar-refractivity contribution in [3.05, 3.63) is 62.7 Å². The Labute approximate surface area is 177 Å². The first-order chi connectivity index (χ1) is 14.0. The fourth-order valence-electron chi connectivity index (χ4n) is 2.40. The Balaban J connectivity index is 2.08. The number of halogens is 1. The van der Waals surface area contributed by atoms with E-state index in [9.17, 15) is 28.1 Å². The average molecular weight is 456 g/mol. The van der Waals surface area contributed by atoms with Crippen molar-refractivity contribution < 1.29 is 27.7 Å². The van der Waals surface area contributed by atoms with Gasteiger partial charge < -0.3 is 10.1 Å². The molecule has 0 aromatic heterocycles. The number of benzene rings is 2. The van der Waals surface area contributed by atoms with Crippen molar-refractivity contribution in [3.63, 3.8) is 0 Å². The molecule has 2 aromatic rings. The fraction of sp³-hybridized carbons (Fsp3) is 0.222. The molecule has 0 unspecified atom stereocenters. The van der Waals surface area contributed by atoms with Crippen LogP contribution in [0.4, 0.5) is 11.4 Å². The Bertz CT molecular complexity index is 1100. The maximum atomic E-state index is 12.3. The zero-order valence-corrected chi connectivity index (χ0v) is 17.5. The minimum Gasteiger partial charge on any atom is -0.452 e. The Morgan fingerprint density at radius 2 is 1.90 bits per heavy atom. The molecule has 0 atom stereocenters. The van der Waals surface area contributed by atoms with Crippen LogP contribution in [0.15, 0.2) is 41.3 Å². The number of esters is 1. The van der Waals surface area contributed by atoms with Crippen molar-refractivity contribution in [1.82, 2.24) is 4.72 Å². The first-order valence-electron chi connectivity index (χ1n) is 8.56. The molecule has 2 N–H and O–H groups in total. The number of ether oxygens (including phenoxy) is 1. The van der Waals surface area contributed by atoms with Crippen LogP contribution in [0, 0.1) is 17.0 Å². The number of amides is 1. The van der Waals surface area contributed by atoms with E-state index >= 15 is 0 Å². The molecule has 0 fully saturated rings. The first-order valence-corrected chi connectivity index (χ1v) is 10.4. The highest BCUT2D eigenvalue weighted by Gasteiger charge is 2.19. The minimum atomic E-state index is -3.77. The number of aryl methyl sites for hydroxylation is 1. The van der Waals surface area contributed by atoms with E-state index in [0.29, 0.717) is 5.56 Å². The molecule has 0 saturated heterocycles. The maximum Gasteiger partial charge on any atom is 0.338 e. The zero-order chi connectivity index (χ0) is 22.5. The number of nitrogens with one attached hydrogen (secondary N) is 2. The number of nitro benzene ring substituents is 1. The van der Waals surface area contributed by atoms with Crippen LogP contribution in [0.3, 0.4) is 0 Å². The zero-order valence-electron chi connectivity index (χ0n) is 16.0. The van der Waals surface area contributed by atoms with E-state index in [1.165, 1.54) is 24.3 Å². The summed E-state index contributed by atoms with van der Waals surface area (Å²) in [4.78, 5) is 34.4. The number of nitrogens with zero attached hydrogens (tertiary/aromatic N) is 1. The molecule has 2 rings (SSSR count). The van der Waals surface area contributed by atoms with Crippen LogP contribution in [0.25, 0.3) is 0 Å². The number of hydrogen-bond donors (Lipinski definition) is 2. The average Bonchev–Trinajstić information content (AvgIpc) is 2.67. The van der Waals surface area contributed by atoms with Crippen molar-refractivity contribution >= 4 is 44.9 Å². The van der Waals surface area contributed by atoms with E-state index in [-0.39, 0.29) is 33.4 Å². The van der Waals surface area contributed by atoms with E-state index < -0.39 is 33.4 Å². The summed E-state index contributed by atoms with van der Waals surface area (Å²) in [5.74, 6) is -1.63. The highest BCUT2D eigenvalue weighted by Crippen LogP contribution is 2.27. The standard InChI is InChI=1S/C18H18ClN3O7S/c1-3-20-30(27,28)13-6-4-11(2)14(9-13)18(24)29-10-17(23)21-12-5-7-15(19)16(8-12)22(25)26/h4-9,20H,3,10H2,1-2H3,(H,21,23). The van der Waals surface area contributed by atoms with E-state index in [1.807, 2.05) is 0 Å². The van der Waals surface area contributed by atoms with Crippen LogP contribution >= 0.6 is 11.6 Å². The largest absolute Gasteiger partial charge is 0.452 e. The normalized spacial score (nSPS) is 11.0. The third-order valence-corrected chi connectivity index (χ3v) is 5.70. The summed E-state index contributed by atoms with van der Waals surface area (Å²) in [5.41, 5.74) is 0.163. The minimum absolute atomic E-state index is 0.0103. The number of carbonyl (C=O) groups excluding carboxylic acids is 2. The second-order valence-electron chi connectivity index (χ2n) is 6.03. The Morgan fingerprint density at radius 1 is 1.20 bits per heavy atom. The molecule has 1 amide bonds. The van der Waals surface area contributed by atoms with E-state index in [0.717, 1.165) is 12.1 Å². The molecule has 2 aromatic carbocycles. The van der Waals surface area contributed by atoms with E-state index in [4.69, 9.17) is 16.3 Å². The van der Waals surface area contributed by atoms with Crippen LogP contribution < -0.4 is 10.0 Å². The fourth-order valence-corrected chi connectivity index (χ4v) is 3.65. The van der Waals surface area contributed by atoms with Crippen molar-refractivity contribution in [2.24, 2.45) is 0 Å². The quantitative estimate of drug-likeness (QED) is 0.353. The molecule has 0 saturated carbocycles. The second-order valence-corrected chi connectivity index (χ2v) is 8.20. The van der Waals surface area contributed by atoms with Crippen molar-refractivity contribution in [1.29, 1.82) is 0 Å². The molecule has 12 heteroatoms. The lowest BCUT2D eigenvalue weighted by molar-refractivity contribution is -0.384. The van der Waals surface area contributed by atoms with Gasteiger partial charge in [-0.05, 0) is 36.8 Å². The van der Waals surface area contributed by atoms with Gasteiger partial charge in [-0.15, -0.1) is 0 Å². The number of rotatable bonds is 8. The van der Waals surface area contributed by atoms with Gasteiger partial charge in [-0.25, -0.2) is 17.9 Å². The van der Waals surface area contributed by atoms with Crippen molar-refractivity contribution in [2.45, 2.75) is 18.7 Å². The van der Waals surface area contributed by atoms with Crippen LogP contribution in [0.1, 0.15) is 22.8 Å². The lowest BCUT2D eigenvalue weighted by Gasteiger charge is -2.10. The summed E-state index contributed by atoms with van der Waals surface area (Å²) in [7, 11) is -3.77. The third kappa shape index (κ3) is 5.75. The first kappa shape index (κ1) is 23.3. The highest BCUT2D eigenvalue weighted by molar-refractivity contribution is 7.89. The molecule has 0 aliphatic rings. The van der Waals surface area contributed by atoms with Crippen molar-refractivity contribution in [3.8, 4) is 0 Å². The van der Waals surface area contributed by atoms with Gasteiger partial charge in [-0.3, -0.25) is 14.9 Å². The summed E-state index contributed by atoms with van der Waals surface area (Å²) in [6, 6.07) is 7.64. The van der Waals surface area contributed by atoms with Crippen molar-refractivity contribution in [2.75, 3.05) is 18.5 Å². The number of sulfonamides is 1. The molecule has 0 radical (unpaired) electrons. The van der Waals surface area contributed by atoms with Gasteiger partial charge >= 0.3 is 5.97 Å². The smallest absolute Gasteiger partial charge is 0.338 e. The summed E-state index contributed by atoms with van der Waals surface area (Å²) in [6.45, 7) is 2.71. The molecule has 0 aliphatic heterocycles. The van der Waals surface area contributed by atoms with Gasteiger partial charge in [0.1, 0.15) is 5.02 Å².